The van der Waals surface area contributed by atoms with E-state index < -0.39 is 0 Å². The molecule has 0 spiro atoms. The summed E-state index contributed by atoms with van der Waals surface area (Å²) in [5, 5.41) is 6.30. The van der Waals surface area contributed by atoms with E-state index in [1.54, 1.807) is 6.26 Å². The molecule has 4 rings (SSSR count). The van der Waals surface area contributed by atoms with Gasteiger partial charge in [-0.1, -0.05) is 38.1 Å². The van der Waals surface area contributed by atoms with Crippen LogP contribution in [0.2, 0.25) is 0 Å². The maximum absolute atomic E-state index is 5.88. The molecule has 0 aliphatic carbocycles. The molecular formula is C18H18N2O2. The summed E-state index contributed by atoms with van der Waals surface area (Å²) in [4.78, 5) is 4.86. The highest BCUT2D eigenvalue weighted by Crippen LogP contribution is 2.39. The molecule has 1 aliphatic heterocycles. The van der Waals surface area contributed by atoms with Crippen LogP contribution in [0.5, 0.6) is 5.75 Å². The first kappa shape index (κ1) is 13.3. The molecule has 0 N–H and O–H groups in total. The number of ether oxygens (including phenoxy) is 1. The van der Waals surface area contributed by atoms with Crippen LogP contribution in [0, 0.1) is 0 Å². The van der Waals surface area contributed by atoms with Crippen molar-refractivity contribution in [2.24, 2.45) is 0 Å². The van der Waals surface area contributed by atoms with Gasteiger partial charge in [0.25, 0.3) is 0 Å². The highest BCUT2D eigenvalue weighted by Gasteiger charge is 2.24. The van der Waals surface area contributed by atoms with Gasteiger partial charge in [0, 0.05) is 28.7 Å². The molecule has 22 heavy (non-hydrogen) atoms. The van der Waals surface area contributed by atoms with E-state index in [1.165, 1.54) is 5.56 Å². The van der Waals surface area contributed by atoms with Crippen molar-refractivity contribution >= 4 is 10.8 Å². The van der Waals surface area contributed by atoms with E-state index in [0.717, 1.165) is 46.6 Å². The second kappa shape index (κ2) is 4.57. The Labute approximate surface area is 129 Å². The van der Waals surface area contributed by atoms with Gasteiger partial charge in [0.05, 0.1) is 18.0 Å². The van der Waals surface area contributed by atoms with Gasteiger partial charge in [-0.05, 0) is 11.6 Å². The summed E-state index contributed by atoms with van der Waals surface area (Å²) < 4.78 is 10.9. The van der Waals surface area contributed by atoms with E-state index >= 15 is 0 Å². The summed E-state index contributed by atoms with van der Waals surface area (Å²) in [6.07, 6.45) is 2.54. The molecule has 4 nitrogen and oxygen atoms in total. The van der Waals surface area contributed by atoms with Crippen molar-refractivity contribution in [3.63, 3.8) is 0 Å². The van der Waals surface area contributed by atoms with Crippen LogP contribution < -0.4 is 4.74 Å². The van der Waals surface area contributed by atoms with Crippen molar-refractivity contribution in [1.29, 1.82) is 0 Å². The summed E-state index contributed by atoms with van der Waals surface area (Å²) >= 11 is 0. The van der Waals surface area contributed by atoms with Crippen molar-refractivity contribution in [3.05, 3.63) is 41.8 Å². The number of nitrogens with zero attached hydrogens (tertiary/aromatic N) is 2. The lowest BCUT2D eigenvalue weighted by atomic mass is 9.87. The molecule has 0 saturated heterocycles. The van der Waals surface area contributed by atoms with E-state index in [4.69, 9.17) is 14.2 Å². The van der Waals surface area contributed by atoms with Crippen molar-refractivity contribution < 1.29 is 9.26 Å². The Morgan fingerprint density at radius 2 is 1.91 bits per heavy atom. The zero-order valence-corrected chi connectivity index (χ0v) is 13.0. The van der Waals surface area contributed by atoms with Crippen molar-refractivity contribution in [1.82, 2.24) is 10.1 Å². The van der Waals surface area contributed by atoms with Crippen LogP contribution in [0.25, 0.3) is 22.2 Å². The van der Waals surface area contributed by atoms with Gasteiger partial charge in [-0.3, -0.25) is 0 Å². The number of fused-ring (bicyclic) bond motifs is 3. The third kappa shape index (κ3) is 1.98. The van der Waals surface area contributed by atoms with Crippen LogP contribution in [-0.4, -0.2) is 16.7 Å². The molecule has 4 heteroatoms. The van der Waals surface area contributed by atoms with Crippen molar-refractivity contribution in [2.75, 3.05) is 6.61 Å². The van der Waals surface area contributed by atoms with Gasteiger partial charge < -0.3 is 9.26 Å². The second-order valence-electron chi connectivity index (χ2n) is 6.74. The molecule has 112 valence electrons. The van der Waals surface area contributed by atoms with Crippen LogP contribution in [0.1, 0.15) is 32.0 Å². The topological polar surface area (TPSA) is 48.2 Å². The predicted molar refractivity (Wildman–Crippen MR) is 85.1 cm³/mol. The first-order valence-corrected chi connectivity index (χ1v) is 7.55. The lowest BCUT2D eigenvalue weighted by Gasteiger charge is -2.21. The van der Waals surface area contributed by atoms with Crippen LogP contribution in [-0.2, 0) is 11.8 Å². The number of pyridine rings is 1. The molecular weight excluding hydrogens is 276 g/mol. The minimum atomic E-state index is -0.0646. The zero-order valence-electron chi connectivity index (χ0n) is 13.0. The molecule has 2 aromatic heterocycles. The van der Waals surface area contributed by atoms with Gasteiger partial charge in [-0.25, -0.2) is 4.98 Å². The third-order valence-electron chi connectivity index (χ3n) is 4.07. The number of rotatable bonds is 1. The molecule has 1 aliphatic rings. The third-order valence-corrected chi connectivity index (χ3v) is 4.07. The zero-order chi connectivity index (χ0) is 15.3. The van der Waals surface area contributed by atoms with Crippen LogP contribution in [0.3, 0.4) is 0 Å². The first-order valence-electron chi connectivity index (χ1n) is 7.55. The summed E-state index contributed by atoms with van der Waals surface area (Å²) in [6.45, 7) is 7.28. The highest BCUT2D eigenvalue weighted by molar-refractivity contribution is 5.94. The Hall–Kier alpha value is -2.36. The molecule has 0 amide bonds. The van der Waals surface area contributed by atoms with E-state index in [2.05, 4.69) is 44.1 Å². The largest absolute Gasteiger partial charge is 0.492 e. The van der Waals surface area contributed by atoms with Gasteiger partial charge in [0.2, 0.25) is 0 Å². The molecule has 0 radical (unpaired) electrons. The van der Waals surface area contributed by atoms with E-state index in [0.29, 0.717) is 0 Å². The molecule has 0 saturated carbocycles. The normalized spacial score (nSPS) is 14.1. The monoisotopic (exact) mass is 294 g/mol. The highest BCUT2D eigenvalue weighted by atomic mass is 16.5. The molecule has 0 bridgehead atoms. The van der Waals surface area contributed by atoms with E-state index in [-0.39, 0.29) is 5.41 Å². The van der Waals surface area contributed by atoms with E-state index in [9.17, 15) is 0 Å². The minimum Gasteiger partial charge on any atom is -0.492 e. The van der Waals surface area contributed by atoms with Crippen LogP contribution in [0.4, 0.5) is 0 Å². The van der Waals surface area contributed by atoms with Gasteiger partial charge in [0.15, 0.2) is 0 Å². The summed E-state index contributed by atoms with van der Waals surface area (Å²) in [5.41, 5.74) is 3.84. The lowest BCUT2D eigenvalue weighted by molar-refractivity contribution is 0.360. The molecule has 3 heterocycles. The van der Waals surface area contributed by atoms with Crippen molar-refractivity contribution in [2.45, 2.75) is 32.6 Å². The SMILES string of the molecule is CC(C)(C)c1nc(-c2ccon2)cc2c3c(ccc12)CCO3. The Morgan fingerprint density at radius 3 is 2.64 bits per heavy atom. The molecule has 1 aromatic carbocycles. The fourth-order valence-corrected chi connectivity index (χ4v) is 3.02. The number of aromatic nitrogens is 2. The molecule has 0 atom stereocenters. The molecule has 3 aromatic rings. The smallest absolute Gasteiger partial charge is 0.132 e. The first-order chi connectivity index (χ1) is 10.5. The van der Waals surface area contributed by atoms with E-state index in [1.807, 2.05) is 6.07 Å². The van der Waals surface area contributed by atoms with Gasteiger partial charge in [-0.15, -0.1) is 0 Å². The Bertz CT molecular complexity index is 846. The average molecular weight is 294 g/mol. The Morgan fingerprint density at radius 1 is 1.05 bits per heavy atom. The summed E-state index contributed by atoms with van der Waals surface area (Å²) in [7, 11) is 0. The quantitative estimate of drug-likeness (QED) is 0.677. The second-order valence-corrected chi connectivity index (χ2v) is 6.74. The van der Waals surface area contributed by atoms with Gasteiger partial charge in [0.1, 0.15) is 17.7 Å². The number of hydrogen-bond acceptors (Lipinski definition) is 4. The molecule has 0 fully saturated rings. The maximum atomic E-state index is 5.88. The van der Waals surface area contributed by atoms with Crippen molar-refractivity contribution in [3.8, 4) is 17.1 Å². The fraction of sp³-hybridized carbons (Fsp3) is 0.333. The van der Waals surface area contributed by atoms with Gasteiger partial charge >= 0.3 is 0 Å². The van der Waals surface area contributed by atoms with Crippen LogP contribution >= 0.6 is 0 Å². The fourth-order valence-electron chi connectivity index (χ4n) is 3.02. The maximum Gasteiger partial charge on any atom is 0.132 e. The molecule has 0 unspecified atom stereocenters. The summed E-state index contributed by atoms with van der Waals surface area (Å²) in [5.74, 6) is 0.996. The van der Waals surface area contributed by atoms with Crippen LogP contribution in [0.15, 0.2) is 35.1 Å². The predicted octanol–water partition coefficient (Wildman–Crippen LogP) is 4.12. The average Bonchev–Trinajstić information content (AvgIpc) is 3.16. The Kier molecular flexibility index (Phi) is 2.76. The Balaban J connectivity index is 2.08. The lowest BCUT2D eigenvalue weighted by Crippen LogP contribution is -2.15. The standard InChI is InChI=1S/C18H18N2O2/c1-18(2,3)17-12-5-4-11-6-8-21-16(11)13(12)10-15(19-17)14-7-9-22-20-14/h4-5,7,9-10H,6,8H2,1-3H3. The summed E-state index contributed by atoms with van der Waals surface area (Å²) in [6, 6.07) is 8.23. The number of hydrogen-bond donors (Lipinski definition) is 0. The van der Waals surface area contributed by atoms with Gasteiger partial charge in [-0.2, -0.15) is 0 Å². The number of benzene rings is 1. The minimum absolute atomic E-state index is 0.0646.